The zero-order valence-electron chi connectivity index (χ0n) is 11.0. The Labute approximate surface area is 125 Å². The number of hydrogen-bond donors (Lipinski definition) is 2. The lowest BCUT2D eigenvalue weighted by molar-refractivity contribution is -0.384. The largest absolute Gasteiger partial charge is 0.494 e. The van der Waals surface area contributed by atoms with E-state index in [1.54, 1.807) is 0 Å². The van der Waals surface area contributed by atoms with Crippen molar-refractivity contribution in [2.45, 2.75) is 25.7 Å². The smallest absolute Gasteiger partial charge is 0.288 e. The van der Waals surface area contributed by atoms with Crippen LogP contribution in [-0.2, 0) is 12.8 Å². The van der Waals surface area contributed by atoms with Crippen molar-refractivity contribution in [1.29, 1.82) is 0 Å². The van der Waals surface area contributed by atoms with Gasteiger partial charge in [-0.05, 0) is 37.8 Å². The number of aromatic hydroxyl groups is 2. The Hall–Kier alpha value is -2.21. The standard InChI is InChI=1S/C14H13ClN2O4/c15-11-7-8(5-6-12(11)17(20)21)16-13(18)9-3-1-2-4-10(9)14(16)19/h5-7,18-19H,1-4H2. The summed E-state index contributed by atoms with van der Waals surface area (Å²) < 4.78 is 1.28. The van der Waals surface area contributed by atoms with Gasteiger partial charge in [-0.2, -0.15) is 0 Å². The molecular formula is C14H13ClN2O4. The van der Waals surface area contributed by atoms with Crippen molar-refractivity contribution in [2.24, 2.45) is 0 Å². The van der Waals surface area contributed by atoms with Crippen LogP contribution in [0.3, 0.4) is 0 Å². The van der Waals surface area contributed by atoms with Crippen LogP contribution >= 0.6 is 11.6 Å². The molecule has 3 rings (SSSR count). The summed E-state index contributed by atoms with van der Waals surface area (Å²) in [6, 6.07) is 4.08. The van der Waals surface area contributed by atoms with Crippen LogP contribution in [0.2, 0.25) is 5.02 Å². The summed E-state index contributed by atoms with van der Waals surface area (Å²) in [6.45, 7) is 0. The van der Waals surface area contributed by atoms with Crippen LogP contribution in [0.5, 0.6) is 11.8 Å². The van der Waals surface area contributed by atoms with E-state index in [0.717, 1.165) is 24.0 Å². The molecule has 0 radical (unpaired) electrons. The van der Waals surface area contributed by atoms with Crippen molar-refractivity contribution >= 4 is 17.3 Å². The monoisotopic (exact) mass is 308 g/mol. The molecular weight excluding hydrogens is 296 g/mol. The summed E-state index contributed by atoms with van der Waals surface area (Å²) in [6.07, 6.45) is 3.35. The van der Waals surface area contributed by atoms with E-state index in [-0.39, 0.29) is 22.5 Å². The highest BCUT2D eigenvalue weighted by atomic mass is 35.5. The maximum atomic E-state index is 10.8. The van der Waals surface area contributed by atoms with E-state index < -0.39 is 4.92 Å². The second-order valence-electron chi connectivity index (χ2n) is 5.04. The van der Waals surface area contributed by atoms with Crippen LogP contribution in [0, 0.1) is 10.1 Å². The van der Waals surface area contributed by atoms with Crippen LogP contribution in [0.25, 0.3) is 5.69 Å². The van der Waals surface area contributed by atoms with Crippen molar-refractivity contribution in [3.63, 3.8) is 0 Å². The van der Waals surface area contributed by atoms with Gasteiger partial charge in [-0.3, -0.25) is 14.7 Å². The predicted molar refractivity (Wildman–Crippen MR) is 77.4 cm³/mol. The fourth-order valence-electron chi connectivity index (χ4n) is 2.80. The van der Waals surface area contributed by atoms with Gasteiger partial charge in [-0.25, -0.2) is 0 Å². The van der Waals surface area contributed by atoms with E-state index in [0.29, 0.717) is 18.5 Å². The van der Waals surface area contributed by atoms with Gasteiger partial charge < -0.3 is 10.2 Å². The first-order valence-electron chi connectivity index (χ1n) is 6.59. The molecule has 1 aromatic heterocycles. The van der Waals surface area contributed by atoms with Crippen LogP contribution in [0.1, 0.15) is 24.0 Å². The highest BCUT2D eigenvalue weighted by molar-refractivity contribution is 6.32. The molecule has 0 amide bonds. The Kier molecular flexibility index (Phi) is 3.25. The third kappa shape index (κ3) is 2.12. The molecule has 2 aromatic rings. The van der Waals surface area contributed by atoms with Crippen molar-refractivity contribution in [1.82, 2.24) is 4.57 Å². The van der Waals surface area contributed by atoms with E-state index in [4.69, 9.17) is 11.6 Å². The first-order valence-corrected chi connectivity index (χ1v) is 6.97. The van der Waals surface area contributed by atoms with Gasteiger partial charge in [-0.1, -0.05) is 11.6 Å². The third-order valence-corrected chi connectivity index (χ3v) is 4.12. The van der Waals surface area contributed by atoms with Gasteiger partial charge in [0.05, 0.1) is 10.6 Å². The fourth-order valence-corrected chi connectivity index (χ4v) is 3.04. The highest BCUT2D eigenvalue weighted by Crippen LogP contribution is 2.41. The van der Waals surface area contributed by atoms with E-state index in [2.05, 4.69) is 0 Å². The molecule has 0 spiro atoms. The molecule has 21 heavy (non-hydrogen) atoms. The molecule has 0 saturated carbocycles. The Balaban J connectivity index is 2.15. The summed E-state index contributed by atoms with van der Waals surface area (Å²) in [5, 5.41) is 31.3. The molecule has 1 aromatic carbocycles. The number of rotatable bonds is 2. The van der Waals surface area contributed by atoms with Gasteiger partial charge in [0, 0.05) is 17.2 Å². The second-order valence-corrected chi connectivity index (χ2v) is 5.45. The predicted octanol–water partition coefficient (Wildman–Crippen LogP) is 3.33. The van der Waals surface area contributed by atoms with Crippen molar-refractivity contribution in [3.8, 4) is 17.4 Å². The number of benzene rings is 1. The van der Waals surface area contributed by atoms with Crippen LogP contribution < -0.4 is 0 Å². The molecule has 1 aliphatic rings. The number of hydrogen-bond acceptors (Lipinski definition) is 4. The Morgan fingerprint density at radius 2 is 1.71 bits per heavy atom. The molecule has 0 saturated heterocycles. The minimum Gasteiger partial charge on any atom is -0.494 e. The summed E-state index contributed by atoms with van der Waals surface area (Å²) in [7, 11) is 0. The first kappa shape index (κ1) is 13.8. The summed E-state index contributed by atoms with van der Waals surface area (Å²) in [4.78, 5) is 10.2. The Morgan fingerprint density at radius 3 is 2.19 bits per heavy atom. The summed E-state index contributed by atoms with van der Waals surface area (Å²) in [5.41, 5.74) is 1.67. The average molecular weight is 309 g/mol. The zero-order chi connectivity index (χ0) is 15.1. The summed E-state index contributed by atoms with van der Waals surface area (Å²) >= 11 is 5.89. The maximum absolute atomic E-state index is 10.8. The van der Waals surface area contributed by atoms with Crippen LogP contribution in [-0.4, -0.2) is 19.7 Å². The number of fused-ring (bicyclic) bond motifs is 1. The number of nitro groups is 1. The molecule has 0 bridgehead atoms. The van der Waals surface area contributed by atoms with E-state index in [1.165, 1.54) is 22.8 Å². The zero-order valence-corrected chi connectivity index (χ0v) is 11.8. The molecule has 0 atom stereocenters. The van der Waals surface area contributed by atoms with Gasteiger partial charge in [-0.15, -0.1) is 0 Å². The molecule has 0 fully saturated rings. The van der Waals surface area contributed by atoms with Gasteiger partial charge >= 0.3 is 0 Å². The maximum Gasteiger partial charge on any atom is 0.288 e. The quantitative estimate of drug-likeness (QED) is 0.658. The molecule has 6 nitrogen and oxygen atoms in total. The SMILES string of the molecule is O=[N+]([O-])c1ccc(-n2c(O)c3c(c2O)CCCC3)cc1Cl. The lowest BCUT2D eigenvalue weighted by atomic mass is 9.95. The number of aromatic nitrogens is 1. The number of nitro benzene ring substituents is 1. The molecule has 2 N–H and O–H groups in total. The first-order chi connectivity index (χ1) is 10.0. The highest BCUT2D eigenvalue weighted by Gasteiger charge is 2.26. The normalized spacial score (nSPS) is 14.0. The lowest BCUT2D eigenvalue weighted by Gasteiger charge is -2.09. The molecule has 1 aliphatic carbocycles. The third-order valence-electron chi connectivity index (χ3n) is 3.82. The van der Waals surface area contributed by atoms with Gasteiger partial charge in [0.2, 0.25) is 11.8 Å². The van der Waals surface area contributed by atoms with Gasteiger partial charge in [0.1, 0.15) is 5.02 Å². The average Bonchev–Trinajstić information content (AvgIpc) is 2.71. The summed E-state index contributed by atoms with van der Waals surface area (Å²) in [5.74, 6) is -0.0424. The number of halogens is 1. The minimum absolute atomic E-state index is 0.0212. The number of nitrogens with zero attached hydrogens (tertiary/aromatic N) is 2. The van der Waals surface area contributed by atoms with E-state index in [9.17, 15) is 20.3 Å². The van der Waals surface area contributed by atoms with Crippen molar-refractivity contribution < 1.29 is 15.1 Å². The molecule has 7 heteroatoms. The Morgan fingerprint density at radius 1 is 1.14 bits per heavy atom. The molecule has 110 valence electrons. The Bertz CT molecular complexity index is 710. The van der Waals surface area contributed by atoms with Crippen molar-refractivity contribution in [2.75, 3.05) is 0 Å². The molecule has 0 unspecified atom stereocenters. The fraction of sp³-hybridized carbons (Fsp3) is 0.286. The topological polar surface area (TPSA) is 88.5 Å². The minimum atomic E-state index is -0.577. The van der Waals surface area contributed by atoms with E-state index in [1.807, 2.05) is 0 Å². The lowest BCUT2D eigenvalue weighted by Crippen LogP contribution is -1.98. The molecule has 0 aliphatic heterocycles. The van der Waals surface area contributed by atoms with Gasteiger partial charge in [0.15, 0.2) is 0 Å². The molecule has 1 heterocycles. The van der Waals surface area contributed by atoms with Crippen molar-refractivity contribution in [3.05, 3.63) is 44.5 Å². The second kappa shape index (κ2) is 4.96. The van der Waals surface area contributed by atoms with Crippen LogP contribution in [0.15, 0.2) is 18.2 Å². The van der Waals surface area contributed by atoms with Crippen LogP contribution in [0.4, 0.5) is 5.69 Å². The van der Waals surface area contributed by atoms with E-state index >= 15 is 0 Å². The van der Waals surface area contributed by atoms with Gasteiger partial charge in [0.25, 0.3) is 5.69 Å².